The molecule has 0 saturated heterocycles. The minimum Gasteiger partial charge on any atom is -0.0877 e. The average Bonchev–Trinajstić information content (AvgIpc) is 2.09. The van der Waals surface area contributed by atoms with Gasteiger partial charge in [0, 0.05) is 4.47 Å². The van der Waals surface area contributed by atoms with Gasteiger partial charge in [0.2, 0.25) is 0 Å². The Labute approximate surface area is 81.7 Å². The van der Waals surface area contributed by atoms with Crippen LogP contribution in [0.3, 0.4) is 0 Å². The predicted octanol–water partition coefficient (Wildman–Crippen LogP) is 4.04. The van der Waals surface area contributed by atoms with Gasteiger partial charge in [0.05, 0.1) is 0 Å². The summed E-state index contributed by atoms with van der Waals surface area (Å²) in [7, 11) is 0. The molecule has 0 radical (unpaired) electrons. The van der Waals surface area contributed by atoms with Crippen molar-refractivity contribution in [3.8, 4) is 0 Å². The number of halogens is 1. The normalized spacial score (nSPS) is 11.5. The summed E-state index contributed by atoms with van der Waals surface area (Å²) < 4.78 is 1.13. The molecule has 0 aliphatic heterocycles. The van der Waals surface area contributed by atoms with Gasteiger partial charge in [0.1, 0.15) is 0 Å². The maximum atomic E-state index is 3.47. The Hall–Kier alpha value is -0.820. The second kappa shape index (κ2) is 4.94. The summed E-state index contributed by atoms with van der Waals surface area (Å²) in [6.07, 6.45) is 8.12. The summed E-state index contributed by atoms with van der Waals surface area (Å²) in [5, 5.41) is 0. The summed E-state index contributed by atoms with van der Waals surface area (Å²) in [5.41, 5.74) is 1.20. The van der Waals surface area contributed by atoms with Crippen LogP contribution >= 0.6 is 15.9 Å². The molecular weight excluding hydrogens is 212 g/mol. The van der Waals surface area contributed by atoms with Gasteiger partial charge in [-0.05, 0) is 18.6 Å². The number of allylic oxidation sites excluding steroid dienone is 3. The van der Waals surface area contributed by atoms with E-state index < -0.39 is 0 Å². The van der Waals surface area contributed by atoms with E-state index in [4.69, 9.17) is 0 Å². The van der Waals surface area contributed by atoms with E-state index in [1.54, 1.807) is 0 Å². The van der Waals surface area contributed by atoms with Crippen molar-refractivity contribution in [2.24, 2.45) is 0 Å². The molecule has 0 aliphatic carbocycles. The smallest absolute Gasteiger partial charge is 0.0247 e. The molecule has 62 valence electrons. The third-order valence-electron chi connectivity index (χ3n) is 1.48. The van der Waals surface area contributed by atoms with Gasteiger partial charge in [0.15, 0.2) is 0 Å². The lowest BCUT2D eigenvalue weighted by Crippen LogP contribution is -1.71. The first kappa shape index (κ1) is 9.27. The molecule has 0 fully saturated rings. The van der Waals surface area contributed by atoms with Gasteiger partial charge in [-0.25, -0.2) is 0 Å². The SMILES string of the molecule is CC=CC=Cc1ccccc1Br. The van der Waals surface area contributed by atoms with Crippen LogP contribution in [-0.4, -0.2) is 0 Å². The third-order valence-corrected chi connectivity index (χ3v) is 2.21. The number of benzene rings is 1. The van der Waals surface area contributed by atoms with Crippen LogP contribution in [0.15, 0.2) is 47.0 Å². The van der Waals surface area contributed by atoms with Gasteiger partial charge < -0.3 is 0 Å². The van der Waals surface area contributed by atoms with Gasteiger partial charge in [-0.15, -0.1) is 0 Å². The highest BCUT2D eigenvalue weighted by atomic mass is 79.9. The first-order valence-corrected chi connectivity index (χ1v) is 4.68. The summed E-state index contributed by atoms with van der Waals surface area (Å²) in [6.45, 7) is 2.00. The number of rotatable bonds is 2. The van der Waals surface area contributed by atoms with E-state index >= 15 is 0 Å². The summed E-state index contributed by atoms with van der Waals surface area (Å²) in [5.74, 6) is 0. The summed E-state index contributed by atoms with van der Waals surface area (Å²) in [4.78, 5) is 0. The van der Waals surface area contributed by atoms with Crippen molar-refractivity contribution in [1.29, 1.82) is 0 Å². The zero-order valence-corrected chi connectivity index (χ0v) is 8.58. The lowest BCUT2D eigenvalue weighted by Gasteiger charge is -1.94. The Morgan fingerprint density at radius 2 is 1.92 bits per heavy atom. The quantitative estimate of drug-likeness (QED) is 0.663. The average molecular weight is 223 g/mol. The molecule has 0 aliphatic rings. The van der Waals surface area contributed by atoms with E-state index in [1.165, 1.54) is 5.56 Å². The van der Waals surface area contributed by atoms with E-state index in [0.717, 1.165) is 4.47 Å². The third kappa shape index (κ3) is 2.67. The molecule has 0 bridgehead atoms. The Kier molecular flexibility index (Phi) is 3.81. The molecule has 0 atom stereocenters. The minimum absolute atomic E-state index is 1.13. The molecule has 1 rings (SSSR count). The predicted molar refractivity (Wildman–Crippen MR) is 58.0 cm³/mol. The fourth-order valence-electron chi connectivity index (χ4n) is 0.881. The standard InChI is InChI=1S/C11H11Br/c1-2-3-4-7-10-8-5-6-9-11(10)12/h2-9H,1H3. The Bertz CT molecular complexity index is 298. The van der Waals surface area contributed by atoms with Crippen molar-refractivity contribution < 1.29 is 0 Å². The molecule has 0 saturated carbocycles. The maximum absolute atomic E-state index is 3.47. The molecule has 0 nitrogen and oxygen atoms in total. The first-order valence-electron chi connectivity index (χ1n) is 3.88. The van der Waals surface area contributed by atoms with Crippen LogP contribution in [0.5, 0.6) is 0 Å². The van der Waals surface area contributed by atoms with Crippen LogP contribution in [-0.2, 0) is 0 Å². The Morgan fingerprint density at radius 3 is 2.58 bits per heavy atom. The largest absolute Gasteiger partial charge is 0.0877 e. The zero-order chi connectivity index (χ0) is 8.81. The molecule has 0 spiro atoms. The van der Waals surface area contributed by atoms with E-state index in [0.29, 0.717) is 0 Å². The molecule has 0 heterocycles. The highest BCUT2D eigenvalue weighted by Gasteiger charge is 1.90. The Morgan fingerprint density at radius 1 is 1.17 bits per heavy atom. The topological polar surface area (TPSA) is 0 Å². The molecule has 1 aromatic carbocycles. The van der Waals surface area contributed by atoms with Gasteiger partial charge in [0.25, 0.3) is 0 Å². The van der Waals surface area contributed by atoms with Crippen LogP contribution < -0.4 is 0 Å². The van der Waals surface area contributed by atoms with Crippen LogP contribution in [0, 0.1) is 0 Å². The number of hydrogen-bond donors (Lipinski definition) is 0. The second-order valence-corrected chi connectivity index (χ2v) is 3.26. The van der Waals surface area contributed by atoms with Crippen molar-refractivity contribution in [3.05, 3.63) is 52.5 Å². The molecule has 1 heteroatoms. The summed E-state index contributed by atoms with van der Waals surface area (Å²) >= 11 is 3.47. The second-order valence-electron chi connectivity index (χ2n) is 2.41. The molecule has 0 aromatic heterocycles. The van der Waals surface area contributed by atoms with Gasteiger partial charge in [-0.3, -0.25) is 0 Å². The fraction of sp³-hybridized carbons (Fsp3) is 0.0909. The first-order chi connectivity index (χ1) is 5.84. The Balaban J connectivity index is 2.82. The van der Waals surface area contributed by atoms with Crippen LogP contribution in [0.25, 0.3) is 6.08 Å². The van der Waals surface area contributed by atoms with Gasteiger partial charge in [-0.1, -0.05) is 58.4 Å². The molecule has 0 amide bonds. The van der Waals surface area contributed by atoms with E-state index in [2.05, 4.69) is 28.1 Å². The monoisotopic (exact) mass is 222 g/mol. The molecule has 0 unspecified atom stereocenters. The zero-order valence-electron chi connectivity index (χ0n) is 7.00. The van der Waals surface area contributed by atoms with Gasteiger partial charge >= 0.3 is 0 Å². The molecule has 12 heavy (non-hydrogen) atoms. The van der Waals surface area contributed by atoms with E-state index in [-0.39, 0.29) is 0 Å². The van der Waals surface area contributed by atoms with Crippen molar-refractivity contribution >= 4 is 22.0 Å². The minimum atomic E-state index is 1.13. The lowest BCUT2D eigenvalue weighted by atomic mass is 10.2. The molecule has 0 N–H and O–H groups in total. The highest BCUT2D eigenvalue weighted by Crippen LogP contribution is 2.16. The molecular formula is C11H11Br. The lowest BCUT2D eigenvalue weighted by molar-refractivity contribution is 1.60. The molecule has 1 aromatic rings. The van der Waals surface area contributed by atoms with Crippen molar-refractivity contribution in [3.63, 3.8) is 0 Å². The van der Waals surface area contributed by atoms with Crippen molar-refractivity contribution in [1.82, 2.24) is 0 Å². The van der Waals surface area contributed by atoms with Crippen LogP contribution in [0.4, 0.5) is 0 Å². The summed E-state index contributed by atoms with van der Waals surface area (Å²) in [6, 6.07) is 8.15. The number of hydrogen-bond acceptors (Lipinski definition) is 0. The van der Waals surface area contributed by atoms with Gasteiger partial charge in [-0.2, -0.15) is 0 Å². The maximum Gasteiger partial charge on any atom is 0.0247 e. The van der Waals surface area contributed by atoms with Crippen LogP contribution in [0.2, 0.25) is 0 Å². The highest BCUT2D eigenvalue weighted by molar-refractivity contribution is 9.10. The van der Waals surface area contributed by atoms with E-state index in [9.17, 15) is 0 Å². The van der Waals surface area contributed by atoms with Crippen LogP contribution in [0.1, 0.15) is 12.5 Å². The fourth-order valence-corrected chi connectivity index (χ4v) is 1.30. The van der Waals surface area contributed by atoms with E-state index in [1.807, 2.05) is 43.4 Å². The van der Waals surface area contributed by atoms with Crippen molar-refractivity contribution in [2.75, 3.05) is 0 Å². The van der Waals surface area contributed by atoms with Crippen molar-refractivity contribution in [2.45, 2.75) is 6.92 Å².